The van der Waals surface area contributed by atoms with Crippen LogP contribution < -0.4 is 11.1 Å². The molecule has 0 unspecified atom stereocenters. The van der Waals surface area contributed by atoms with Gasteiger partial charge >= 0.3 is 0 Å². The molecule has 0 atom stereocenters. The number of halogens is 1. The minimum atomic E-state index is -0.444. The number of hydrogen-bond acceptors (Lipinski definition) is 5. The molecule has 0 spiro atoms. The van der Waals surface area contributed by atoms with Crippen molar-refractivity contribution in [3.63, 3.8) is 0 Å². The van der Waals surface area contributed by atoms with E-state index >= 15 is 0 Å². The predicted molar refractivity (Wildman–Crippen MR) is 73.2 cm³/mol. The zero-order valence-electron chi connectivity index (χ0n) is 10.4. The monoisotopic (exact) mass is 294 g/mol. The molecule has 0 fully saturated rings. The first-order chi connectivity index (χ1) is 9.51. The maximum atomic E-state index is 11.9. The molecule has 1 amide bonds. The second kappa shape index (κ2) is 5.62. The number of amidine groups is 1. The highest BCUT2D eigenvalue weighted by molar-refractivity contribution is 6.34. The van der Waals surface area contributed by atoms with Gasteiger partial charge in [-0.25, -0.2) is 0 Å². The summed E-state index contributed by atoms with van der Waals surface area (Å²) in [6, 6.07) is 6.08. The molecule has 0 aliphatic rings. The molecule has 104 valence electrons. The summed E-state index contributed by atoms with van der Waals surface area (Å²) < 4.78 is 4.81. The molecule has 2 aromatic rings. The highest BCUT2D eigenvalue weighted by Crippen LogP contribution is 2.23. The van der Waals surface area contributed by atoms with Crippen molar-refractivity contribution >= 4 is 29.0 Å². The Hall–Kier alpha value is -2.54. The summed E-state index contributed by atoms with van der Waals surface area (Å²) in [5.74, 6) is 0.0146. The van der Waals surface area contributed by atoms with Gasteiger partial charge in [-0.2, -0.15) is 0 Å². The van der Waals surface area contributed by atoms with Crippen LogP contribution in [0.5, 0.6) is 0 Å². The fraction of sp³-hybridized carbons (Fsp3) is 0.0833. The fourth-order valence-corrected chi connectivity index (χ4v) is 1.72. The van der Waals surface area contributed by atoms with Crippen LogP contribution in [0.25, 0.3) is 0 Å². The van der Waals surface area contributed by atoms with Gasteiger partial charge in [-0.05, 0) is 25.1 Å². The number of carbonyl (C=O) groups is 1. The summed E-state index contributed by atoms with van der Waals surface area (Å²) in [5.41, 5.74) is 6.41. The summed E-state index contributed by atoms with van der Waals surface area (Å²) in [6.07, 6.45) is 0. The SMILES string of the molecule is Cc1cc(C(=O)Nc2ccc(/C(N)=N/O)cc2Cl)no1. The third-order valence-corrected chi connectivity index (χ3v) is 2.79. The number of hydrogen-bond donors (Lipinski definition) is 3. The molecule has 4 N–H and O–H groups in total. The second-order valence-electron chi connectivity index (χ2n) is 3.96. The number of rotatable bonds is 3. The molecule has 0 saturated heterocycles. The van der Waals surface area contributed by atoms with Gasteiger partial charge in [0.25, 0.3) is 5.91 Å². The Kier molecular flexibility index (Phi) is 3.90. The van der Waals surface area contributed by atoms with E-state index in [0.717, 1.165) is 0 Å². The van der Waals surface area contributed by atoms with E-state index in [0.29, 0.717) is 17.0 Å². The molecule has 20 heavy (non-hydrogen) atoms. The fourth-order valence-electron chi connectivity index (χ4n) is 1.49. The molecular weight excluding hydrogens is 284 g/mol. The molecule has 0 aliphatic carbocycles. The normalized spacial score (nSPS) is 11.4. The smallest absolute Gasteiger partial charge is 0.277 e. The standard InChI is InChI=1S/C12H11ClN4O3/c1-6-4-10(17-20-6)12(18)15-9-3-2-7(5-8(9)13)11(14)16-19/h2-5,19H,1H3,(H2,14,16)(H,15,18). The van der Waals surface area contributed by atoms with E-state index in [1.54, 1.807) is 19.1 Å². The van der Waals surface area contributed by atoms with Gasteiger partial charge in [-0.15, -0.1) is 0 Å². The first kappa shape index (κ1) is 13.9. The van der Waals surface area contributed by atoms with Gasteiger partial charge in [-0.1, -0.05) is 21.9 Å². The van der Waals surface area contributed by atoms with Crippen molar-refractivity contribution in [1.82, 2.24) is 5.16 Å². The quantitative estimate of drug-likeness (QED) is 0.347. The Balaban J connectivity index is 2.20. The number of benzene rings is 1. The number of nitrogens with two attached hydrogens (primary N) is 1. The highest BCUT2D eigenvalue weighted by Gasteiger charge is 2.13. The maximum Gasteiger partial charge on any atom is 0.277 e. The Morgan fingerprint density at radius 2 is 2.25 bits per heavy atom. The minimum Gasteiger partial charge on any atom is -0.409 e. The van der Waals surface area contributed by atoms with Crippen molar-refractivity contribution in [2.45, 2.75) is 6.92 Å². The summed E-state index contributed by atoms with van der Waals surface area (Å²) in [6.45, 7) is 1.68. The van der Waals surface area contributed by atoms with Crippen LogP contribution >= 0.6 is 11.6 Å². The second-order valence-corrected chi connectivity index (χ2v) is 4.36. The number of oxime groups is 1. The lowest BCUT2D eigenvalue weighted by atomic mass is 10.2. The van der Waals surface area contributed by atoms with Crippen LogP contribution in [0, 0.1) is 6.92 Å². The van der Waals surface area contributed by atoms with Crippen LogP contribution in [0.2, 0.25) is 5.02 Å². The summed E-state index contributed by atoms with van der Waals surface area (Å²) in [5, 5.41) is 17.9. The van der Waals surface area contributed by atoms with Crippen molar-refractivity contribution in [2.24, 2.45) is 10.9 Å². The zero-order valence-corrected chi connectivity index (χ0v) is 11.2. The molecule has 0 radical (unpaired) electrons. The molecule has 1 aromatic carbocycles. The topological polar surface area (TPSA) is 114 Å². The third-order valence-electron chi connectivity index (χ3n) is 2.48. The molecule has 2 rings (SSSR count). The van der Waals surface area contributed by atoms with E-state index in [9.17, 15) is 4.79 Å². The van der Waals surface area contributed by atoms with Crippen LogP contribution in [-0.4, -0.2) is 22.1 Å². The van der Waals surface area contributed by atoms with Gasteiger partial charge in [0.1, 0.15) is 5.76 Å². The molecule has 1 heterocycles. The Morgan fingerprint density at radius 1 is 1.50 bits per heavy atom. The van der Waals surface area contributed by atoms with E-state index in [-0.39, 0.29) is 16.6 Å². The zero-order chi connectivity index (χ0) is 14.7. The molecule has 0 bridgehead atoms. The lowest BCUT2D eigenvalue weighted by molar-refractivity contribution is 0.101. The van der Waals surface area contributed by atoms with Crippen molar-refractivity contribution in [3.8, 4) is 0 Å². The summed E-state index contributed by atoms with van der Waals surface area (Å²) in [4.78, 5) is 11.9. The number of carbonyl (C=O) groups excluding carboxylic acids is 1. The van der Waals surface area contributed by atoms with Crippen molar-refractivity contribution in [1.29, 1.82) is 0 Å². The van der Waals surface area contributed by atoms with E-state index in [4.69, 9.17) is 27.1 Å². The van der Waals surface area contributed by atoms with E-state index in [1.807, 2.05) is 0 Å². The third kappa shape index (κ3) is 2.89. The van der Waals surface area contributed by atoms with Gasteiger partial charge in [0.15, 0.2) is 11.5 Å². The van der Waals surface area contributed by atoms with Crippen molar-refractivity contribution in [2.75, 3.05) is 5.32 Å². The van der Waals surface area contributed by atoms with Gasteiger partial charge < -0.3 is 20.8 Å². The van der Waals surface area contributed by atoms with Crippen LogP contribution in [0.3, 0.4) is 0 Å². The number of anilines is 1. The molecule has 1 aromatic heterocycles. The van der Waals surface area contributed by atoms with Crippen LogP contribution in [0.4, 0.5) is 5.69 Å². The van der Waals surface area contributed by atoms with E-state index in [2.05, 4.69) is 15.6 Å². The van der Waals surface area contributed by atoms with Crippen LogP contribution in [0.15, 0.2) is 33.9 Å². The summed E-state index contributed by atoms with van der Waals surface area (Å²) >= 11 is 6.02. The first-order valence-electron chi connectivity index (χ1n) is 5.53. The molecular formula is C12H11ClN4O3. The summed E-state index contributed by atoms with van der Waals surface area (Å²) in [7, 11) is 0. The minimum absolute atomic E-state index is 0.0723. The molecule has 0 saturated carbocycles. The van der Waals surface area contributed by atoms with Gasteiger partial charge in [0.2, 0.25) is 0 Å². The highest BCUT2D eigenvalue weighted by atomic mass is 35.5. The predicted octanol–water partition coefficient (Wildman–Crippen LogP) is 1.98. The molecule has 0 aliphatic heterocycles. The van der Waals surface area contributed by atoms with Gasteiger partial charge in [0, 0.05) is 11.6 Å². The Morgan fingerprint density at radius 3 is 2.80 bits per heavy atom. The first-order valence-corrected chi connectivity index (χ1v) is 5.91. The van der Waals surface area contributed by atoms with E-state index < -0.39 is 5.91 Å². The largest absolute Gasteiger partial charge is 0.409 e. The number of nitrogens with one attached hydrogen (secondary N) is 1. The number of amides is 1. The Labute approximate surface area is 119 Å². The molecule has 7 nitrogen and oxygen atoms in total. The lowest BCUT2D eigenvalue weighted by Crippen LogP contribution is -2.15. The van der Waals surface area contributed by atoms with Crippen LogP contribution in [-0.2, 0) is 0 Å². The Bertz CT molecular complexity index is 681. The molecule has 8 heteroatoms. The lowest BCUT2D eigenvalue weighted by Gasteiger charge is -2.07. The number of aromatic nitrogens is 1. The van der Waals surface area contributed by atoms with Gasteiger partial charge in [0.05, 0.1) is 10.7 Å². The van der Waals surface area contributed by atoms with E-state index in [1.165, 1.54) is 12.1 Å². The van der Waals surface area contributed by atoms with Crippen molar-refractivity contribution in [3.05, 3.63) is 46.3 Å². The maximum absolute atomic E-state index is 11.9. The van der Waals surface area contributed by atoms with Gasteiger partial charge in [-0.3, -0.25) is 4.79 Å². The average molecular weight is 295 g/mol. The van der Waals surface area contributed by atoms with Crippen LogP contribution in [0.1, 0.15) is 21.8 Å². The van der Waals surface area contributed by atoms with Crippen molar-refractivity contribution < 1.29 is 14.5 Å². The number of aryl methyl sites for hydroxylation is 1. The number of nitrogens with zero attached hydrogens (tertiary/aromatic N) is 2. The average Bonchev–Trinajstić information content (AvgIpc) is 2.86.